The highest BCUT2D eigenvalue weighted by Gasteiger charge is 2.13. The Morgan fingerprint density at radius 2 is 2.00 bits per heavy atom. The zero-order valence-corrected chi connectivity index (χ0v) is 6.98. The molecule has 1 aliphatic rings. The molecule has 1 fully saturated rings. The molecule has 1 aliphatic heterocycles. The third kappa shape index (κ3) is 2.27. The minimum absolute atomic E-state index is 0.731. The van der Waals surface area contributed by atoms with E-state index in [2.05, 4.69) is 24.5 Å². The third-order valence-electron chi connectivity index (χ3n) is 2.15. The molecule has 1 atom stereocenters. The Morgan fingerprint density at radius 3 is 2.70 bits per heavy atom. The molecule has 0 aliphatic carbocycles. The Labute approximate surface area is 63.4 Å². The predicted molar refractivity (Wildman–Crippen MR) is 44.1 cm³/mol. The van der Waals surface area contributed by atoms with E-state index in [9.17, 15) is 0 Å². The molecular formula is C8H18N2. The van der Waals surface area contributed by atoms with E-state index in [4.69, 9.17) is 0 Å². The van der Waals surface area contributed by atoms with Crippen molar-refractivity contribution in [2.24, 2.45) is 5.92 Å². The molecule has 0 aromatic heterocycles. The summed E-state index contributed by atoms with van der Waals surface area (Å²) in [6, 6.07) is 0.731. The third-order valence-corrected chi connectivity index (χ3v) is 2.15. The first-order valence-corrected chi connectivity index (χ1v) is 4.25. The van der Waals surface area contributed by atoms with Crippen molar-refractivity contribution < 1.29 is 0 Å². The van der Waals surface area contributed by atoms with Gasteiger partial charge in [-0.3, -0.25) is 0 Å². The Morgan fingerprint density at radius 1 is 1.20 bits per heavy atom. The van der Waals surface area contributed by atoms with Crippen molar-refractivity contribution in [3.05, 3.63) is 0 Å². The number of hydrogen-bond donors (Lipinski definition) is 2. The second-order valence-electron chi connectivity index (χ2n) is 3.34. The molecule has 1 unspecified atom stereocenters. The number of hydrogen-bond acceptors (Lipinski definition) is 2. The molecule has 0 aromatic carbocycles. The zero-order valence-electron chi connectivity index (χ0n) is 6.98. The first-order chi connectivity index (χ1) is 4.80. The fourth-order valence-electron chi connectivity index (χ4n) is 1.40. The van der Waals surface area contributed by atoms with Gasteiger partial charge in [-0.2, -0.15) is 0 Å². The molecule has 0 bridgehead atoms. The van der Waals surface area contributed by atoms with Crippen molar-refractivity contribution >= 4 is 0 Å². The summed E-state index contributed by atoms with van der Waals surface area (Å²) in [6.07, 6.45) is 1.28. The molecule has 10 heavy (non-hydrogen) atoms. The fraction of sp³-hybridized carbons (Fsp3) is 1.00. The molecule has 2 N–H and O–H groups in total. The molecule has 2 heteroatoms. The van der Waals surface area contributed by atoms with Crippen LogP contribution in [0.3, 0.4) is 0 Å². The lowest BCUT2D eigenvalue weighted by Crippen LogP contribution is -2.34. The highest BCUT2D eigenvalue weighted by molar-refractivity contribution is 4.74. The van der Waals surface area contributed by atoms with Crippen LogP contribution < -0.4 is 10.6 Å². The average Bonchev–Trinajstić information content (AvgIpc) is 2.12. The summed E-state index contributed by atoms with van der Waals surface area (Å²) in [7, 11) is 0. The minimum atomic E-state index is 0.731. The van der Waals surface area contributed by atoms with Crippen LogP contribution in [-0.4, -0.2) is 25.7 Å². The van der Waals surface area contributed by atoms with Gasteiger partial charge in [-0.25, -0.2) is 0 Å². The lowest BCUT2D eigenvalue weighted by atomic mass is 10.0. The van der Waals surface area contributed by atoms with E-state index in [0.29, 0.717) is 0 Å². The second-order valence-corrected chi connectivity index (χ2v) is 3.34. The summed E-state index contributed by atoms with van der Waals surface area (Å²) in [6.45, 7) is 7.99. The predicted octanol–water partition coefficient (Wildman–Crippen LogP) is 0.594. The SMILES string of the molecule is CC(C)C1CCNCCN1. The average molecular weight is 142 g/mol. The smallest absolute Gasteiger partial charge is 0.0103 e. The van der Waals surface area contributed by atoms with Crippen LogP contribution in [0.4, 0.5) is 0 Å². The van der Waals surface area contributed by atoms with Crippen molar-refractivity contribution in [3.63, 3.8) is 0 Å². The van der Waals surface area contributed by atoms with Crippen molar-refractivity contribution in [3.8, 4) is 0 Å². The van der Waals surface area contributed by atoms with E-state index in [-0.39, 0.29) is 0 Å². The molecule has 0 amide bonds. The molecule has 1 rings (SSSR count). The lowest BCUT2D eigenvalue weighted by molar-refractivity contribution is 0.402. The van der Waals surface area contributed by atoms with Crippen molar-refractivity contribution in [1.82, 2.24) is 10.6 Å². The molecule has 0 saturated carbocycles. The van der Waals surface area contributed by atoms with Crippen LogP contribution in [0.25, 0.3) is 0 Å². The van der Waals surface area contributed by atoms with E-state index in [1.807, 2.05) is 0 Å². The van der Waals surface area contributed by atoms with Crippen molar-refractivity contribution in [2.75, 3.05) is 19.6 Å². The highest BCUT2D eigenvalue weighted by Crippen LogP contribution is 2.05. The molecule has 60 valence electrons. The molecule has 0 radical (unpaired) electrons. The van der Waals surface area contributed by atoms with Crippen LogP contribution in [0.15, 0.2) is 0 Å². The van der Waals surface area contributed by atoms with Crippen LogP contribution >= 0.6 is 0 Å². The minimum Gasteiger partial charge on any atom is -0.315 e. The van der Waals surface area contributed by atoms with E-state index < -0.39 is 0 Å². The van der Waals surface area contributed by atoms with Crippen LogP contribution in [0, 0.1) is 5.92 Å². The monoisotopic (exact) mass is 142 g/mol. The summed E-state index contributed by atoms with van der Waals surface area (Å²) >= 11 is 0. The molecule has 0 spiro atoms. The summed E-state index contributed by atoms with van der Waals surface area (Å²) in [5, 5.41) is 6.89. The molecule has 2 nitrogen and oxygen atoms in total. The molecule has 1 saturated heterocycles. The number of rotatable bonds is 1. The lowest BCUT2D eigenvalue weighted by Gasteiger charge is -2.18. The standard InChI is InChI=1S/C8H18N2/c1-7(2)8-3-4-9-5-6-10-8/h7-10H,3-6H2,1-2H3. The van der Waals surface area contributed by atoms with E-state index in [1.54, 1.807) is 0 Å². The second kappa shape index (κ2) is 3.94. The van der Waals surface area contributed by atoms with Gasteiger partial charge < -0.3 is 10.6 Å². The maximum absolute atomic E-state index is 3.52. The van der Waals surface area contributed by atoms with Gasteiger partial charge in [-0.1, -0.05) is 13.8 Å². The topological polar surface area (TPSA) is 24.1 Å². The van der Waals surface area contributed by atoms with Gasteiger partial charge in [0.05, 0.1) is 0 Å². The van der Waals surface area contributed by atoms with Gasteiger partial charge in [0.15, 0.2) is 0 Å². The largest absolute Gasteiger partial charge is 0.315 e. The maximum atomic E-state index is 3.52. The molecular weight excluding hydrogens is 124 g/mol. The van der Waals surface area contributed by atoms with Crippen LogP contribution in [0.2, 0.25) is 0 Å². The fourth-order valence-corrected chi connectivity index (χ4v) is 1.40. The van der Waals surface area contributed by atoms with Crippen LogP contribution in [-0.2, 0) is 0 Å². The van der Waals surface area contributed by atoms with Crippen LogP contribution in [0.5, 0.6) is 0 Å². The Balaban J connectivity index is 2.28. The molecule has 1 heterocycles. The highest BCUT2D eigenvalue weighted by atomic mass is 15.0. The Bertz CT molecular complexity index is 83.3. The summed E-state index contributed by atoms with van der Waals surface area (Å²) in [5.74, 6) is 0.778. The Kier molecular flexibility index (Phi) is 3.16. The maximum Gasteiger partial charge on any atom is 0.0103 e. The van der Waals surface area contributed by atoms with Gasteiger partial charge >= 0.3 is 0 Å². The van der Waals surface area contributed by atoms with Crippen LogP contribution in [0.1, 0.15) is 20.3 Å². The zero-order chi connectivity index (χ0) is 7.40. The van der Waals surface area contributed by atoms with Gasteiger partial charge in [-0.15, -0.1) is 0 Å². The first-order valence-electron chi connectivity index (χ1n) is 4.25. The number of nitrogens with one attached hydrogen (secondary N) is 2. The quantitative estimate of drug-likeness (QED) is 0.560. The van der Waals surface area contributed by atoms with E-state index in [0.717, 1.165) is 25.0 Å². The molecule has 0 aromatic rings. The van der Waals surface area contributed by atoms with Gasteiger partial charge in [0.2, 0.25) is 0 Å². The van der Waals surface area contributed by atoms with Crippen molar-refractivity contribution in [2.45, 2.75) is 26.3 Å². The summed E-state index contributed by atoms with van der Waals surface area (Å²) in [5.41, 5.74) is 0. The van der Waals surface area contributed by atoms with Crippen molar-refractivity contribution in [1.29, 1.82) is 0 Å². The Hall–Kier alpha value is -0.0800. The normalized spacial score (nSPS) is 28.5. The first kappa shape index (κ1) is 8.02. The summed E-state index contributed by atoms with van der Waals surface area (Å²) in [4.78, 5) is 0. The van der Waals surface area contributed by atoms with E-state index in [1.165, 1.54) is 13.0 Å². The van der Waals surface area contributed by atoms with Gasteiger partial charge in [0, 0.05) is 19.1 Å². The van der Waals surface area contributed by atoms with Gasteiger partial charge in [0.1, 0.15) is 0 Å². The van der Waals surface area contributed by atoms with Gasteiger partial charge in [-0.05, 0) is 18.9 Å². The van der Waals surface area contributed by atoms with E-state index >= 15 is 0 Å². The summed E-state index contributed by atoms with van der Waals surface area (Å²) < 4.78 is 0. The van der Waals surface area contributed by atoms with Gasteiger partial charge in [0.25, 0.3) is 0 Å².